The van der Waals surface area contributed by atoms with Crippen LogP contribution in [-0.4, -0.2) is 20.6 Å². The lowest BCUT2D eigenvalue weighted by Gasteiger charge is -2.18. The van der Waals surface area contributed by atoms with Gasteiger partial charge < -0.3 is 14.4 Å². The molecule has 23 heavy (non-hydrogen) atoms. The summed E-state index contributed by atoms with van der Waals surface area (Å²) in [6, 6.07) is 6.93. The number of hydrogen-bond acceptors (Lipinski definition) is 4. The van der Waals surface area contributed by atoms with Gasteiger partial charge in [0, 0.05) is 25.5 Å². The molecule has 1 N–H and O–H groups in total. The van der Waals surface area contributed by atoms with E-state index in [0.717, 1.165) is 0 Å². The van der Waals surface area contributed by atoms with Gasteiger partial charge in [-0.1, -0.05) is 17.3 Å². The largest absolute Gasteiger partial charge is 0.351 e. The summed E-state index contributed by atoms with van der Waals surface area (Å²) in [6.07, 6.45) is 3.41. The van der Waals surface area contributed by atoms with Gasteiger partial charge in [-0.25, -0.2) is 9.37 Å². The van der Waals surface area contributed by atoms with Gasteiger partial charge >= 0.3 is 0 Å². The summed E-state index contributed by atoms with van der Waals surface area (Å²) in [5, 5.41) is 6.55. The maximum absolute atomic E-state index is 13.2. The van der Waals surface area contributed by atoms with Crippen LogP contribution in [0.5, 0.6) is 0 Å². The van der Waals surface area contributed by atoms with Crippen molar-refractivity contribution in [2.45, 2.75) is 13.0 Å². The van der Waals surface area contributed by atoms with Crippen LogP contribution in [0, 0.1) is 12.7 Å². The average Bonchev–Trinajstić information content (AvgIpc) is 3.14. The predicted molar refractivity (Wildman–Crippen MR) is 80.2 cm³/mol. The summed E-state index contributed by atoms with van der Waals surface area (Å²) in [7, 11) is 1.82. The maximum Gasteiger partial charge on any atom is 0.290 e. The number of benzene rings is 1. The Bertz CT molecular complexity index is 823. The summed E-state index contributed by atoms with van der Waals surface area (Å²) in [4.78, 5) is 16.6. The molecule has 0 aliphatic rings. The highest BCUT2D eigenvalue weighted by molar-refractivity contribution is 5.91. The Morgan fingerprint density at radius 2 is 2.09 bits per heavy atom. The topological polar surface area (TPSA) is 73.0 Å². The molecule has 7 heteroatoms. The minimum absolute atomic E-state index is 0.115. The third kappa shape index (κ3) is 3.13. The van der Waals surface area contributed by atoms with Gasteiger partial charge in [0.25, 0.3) is 5.91 Å². The van der Waals surface area contributed by atoms with Gasteiger partial charge in [0.15, 0.2) is 0 Å². The van der Waals surface area contributed by atoms with E-state index in [1.54, 1.807) is 42.1 Å². The monoisotopic (exact) mass is 314 g/mol. The van der Waals surface area contributed by atoms with E-state index in [-0.39, 0.29) is 11.6 Å². The van der Waals surface area contributed by atoms with E-state index in [1.165, 1.54) is 12.1 Å². The van der Waals surface area contributed by atoms with Crippen LogP contribution in [0.4, 0.5) is 4.39 Å². The zero-order valence-corrected chi connectivity index (χ0v) is 12.7. The second-order valence-electron chi connectivity index (χ2n) is 5.19. The summed E-state index contributed by atoms with van der Waals surface area (Å²) in [5.74, 6) is -0.0162. The van der Waals surface area contributed by atoms with E-state index in [1.807, 2.05) is 7.05 Å². The van der Waals surface area contributed by atoms with Crippen LogP contribution >= 0.6 is 0 Å². The molecule has 1 aromatic carbocycles. The molecule has 2 aromatic heterocycles. The van der Waals surface area contributed by atoms with Crippen LogP contribution in [-0.2, 0) is 7.05 Å². The zero-order valence-electron chi connectivity index (χ0n) is 12.7. The quantitative estimate of drug-likeness (QED) is 0.802. The molecule has 3 rings (SSSR count). The van der Waals surface area contributed by atoms with Crippen molar-refractivity contribution >= 4 is 5.91 Å². The number of aromatic nitrogens is 3. The van der Waals surface area contributed by atoms with Crippen LogP contribution in [0.25, 0.3) is 0 Å². The van der Waals surface area contributed by atoms with Gasteiger partial charge in [0.1, 0.15) is 17.7 Å². The number of nitrogens with one attached hydrogen (secondary N) is 1. The Morgan fingerprint density at radius 1 is 1.35 bits per heavy atom. The molecule has 2 heterocycles. The van der Waals surface area contributed by atoms with Gasteiger partial charge in [-0.3, -0.25) is 4.79 Å². The Hall–Kier alpha value is -2.96. The van der Waals surface area contributed by atoms with Crippen molar-refractivity contribution in [3.05, 3.63) is 71.4 Å². The Kier molecular flexibility index (Phi) is 3.92. The normalized spacial score (nSPS) is 12.1. The molecular weight excluding hydrogens is 299 g/mol. The lowest BCUT2D eigenvalue weighted by Crippen LogP contribution is -2.30. The minimum Gasteiger partial charge on any atom is -0.351 e. The van der Waals surface area contributed by atoms with Crippen molar-refractivity contribution in [2.24, 2.45) is 7.05 Å². The van der Waals surface area contributed by atoms with E-state index in [9.17, 15) is 9.18 Å². The molecule has 0 aliphatic heterocycles. The van der Waals surface area contributed by atoms with E-state index in [2.05, 4.69) is 15.5 Å². The number of nitrogens with zero attached hydrogens (tertiary/aromatic N) is 3. The Labute approximate surface area is 131 Å². The van der Waals surface area contributed by atoms with Gasteiger partial charge in [-0.05, 0) is 24.6 Å². The molecule has 0 saturated heterocycles. The molecule has 0 radical (unpaired) electrons. The third-order valence-electron chi connectivity index (χ3n) is 3.45. The highest BCUT2D eigenvalue weighted by atomic mass is 19.1. The number of carbonyl (C=O) groups is 1. The SMILES string of the molecule is Cc1cc(C(=O)N[C@H](c2ccc(F)cc2)c2nccn2C)on1. The predicted octanol–water partition coefficient (Wildman–Crippen LogP) is 2.38. The highest BCUT2D eigenvalue weighted by Crippen LogP contribution is 2.21. The smallest absolute Gasteiger partial charge is 0.290 e. The molecular formula is C16H15FN4O2. The zero-order chi connectivity index (χ0) is 16.4. The fraction of sp³-hybridized carbons (Fsp3) is 0.188. The molecule has 3 aromatic rings. The van der Waals surface area contributed by atoms with Gasteiger partial charge in [0.2, 0.25) is 5.76 Å². The number of imidazole rings is 1. The fourth-order valence-corrected chi connectivity index (χ4v) is 2.28. The first kappa shape index (κ1) is 15.0. The highest BCUT2D eigenvalue weighted by Gasteiger charge is 2.23. The van der Waals surface area contributed by atoms with Crippen LogP contribution in [0.2, 0.25) is 0 Å². The first-order valence-corrected chi connectivity index (χ1v) is 7.01. The van der Waals surface area contributed by atoms with Crippen LogP contribution in [0.15, 0.2) is 47.2 Å². The standard InChI is InChI=1S/C16H15FN4O2/c1-10-9-13(23-20-10)16(22)19-14(15-18-7-8-21(15)2)11-3-5-12(17)6-4-11/h3-9,14H,1-2H3,(H,19,22)/t14-/m1/s1. The fourth-order valence-electron chi connectivity index (χ4n) is 2.28. The average molecular weight is 314 g/mol. The van der Waals surface area contributed by atoms with Crippen molar-refractivity contribution in [3.63, 3.8) is 0 Å². The van der Waals surface area contributed by atoms with E-state index >= 15 is 0 Å². The molecule has 1 amide bonds. The number of amides is 1. The van der Waals surface area contributed by atoms with Crippen molar-refractivity contribution in [3.8, 4) is 0 Å². The van der Waals surface area contributed by atoms with Crippen LogP contribution in [0.1, 0.15) is 33.7 Å². The van der Waals surface area contributed by atoms with Crippen molar-refractivity contribution in [1.29, 1.82) is 0 Å². The molecule has 118 valence electrons. The summed E-state index contributed by atoms with van der Waals surface area (Å²) in [5.41, 5.74) is 1.33. The summed E-state index contributed by atoms with van der Waals surface area (Å²) in [6.45, 7) is 1.73. The van der Waals surface area contributed by atoms with E-state index in [4.69, 9.17) is 4.52 Å². The lowest BCUT2D eigenvalue weighted by atomic mass is 10.1. The van der Waals surface area contributed by atoms with Crippen molar-refractivity contribution < 1.29 is 13.7 Å². The molecule has 0 bridgehead atoms. The summed E-state index contributed by atoms with van der Waals surface area (Å²) < 4.78 is 19.9. The Balaban J connectivity index is 1.94. The third-order valence-corrected chi connectivity index (χ3v) is 3.45. The molecule has 0 aliphatic carbocycles. The number of aryl methyl sites for hydroxylation is 2. The maximum atomic E-state index is 13.2. The number of halogens is 1. The molecule has 0 unspecified atom stereocenters. The lowest BCUT2D eigenvalue weighted by molar-refractivity contribution is 0.0904. The number of hydrogen-bond donors (Lipinski definition) is 1. The second kappa shape index (κ2) is 6.04. The van der Waals surface area contributed by atoms with Gasteiger partial charge in [-0.15, -0.1) is 0 Å². The molecule has 1 atom stereocenters. The first-order valence-electron chi connectivity index (χ1n) is 7.01. The number of rotatable bonds is 4. The molecule has 0 saturated carbocycles. The van der Waals surface area contributed by atoms with Gasteiger partial charge in [0.05, 0.1) is 5.69 Å². The van der Waals surface area contributed by atoms with E-state index < -0.39 is 11.9 Å². The van der Waals surface area contributed by atoms with Gasteiger partial charge in [-0.2, -0.15) is 0 Å². The first-order chi connectivity index (χ1) is 11.0. The molecule has 0 fully saturated rings. The minimum atomic E-state index is -0.534. The Morgan fingerprint density at radius 3 is 2.65 bits per heavy atom. The second-order valence-corrected chi connectivity index (χ2v) is 5.19. The van der Waals surface area contributed by atoms with E-state index in [0.29, 0.717) is 17.1 Å². The number of carbonyl (C=O) groups excluding carboxylic acids is 1. The van der Waals surface area contributed by atoms with Crippen LogP contribution < -0.4 is 5.32 Å². The van der Waals surface area contributed by atoms with Crippen LogP contribution in [0.3, 0.4) is 0 Å². The van der Waals surface area contributed by atoms with Crippen molar-refractivity contribution in [1.82, 2.24) is 20.0 Å². The van der Waals surface area contributed by atoms with Crippen molar-refractivity contribution in [2.75, 3.05) is 0 Å². The summed E-state index contributed by atoms with van der Waals surface area (Å²) >= 11 is 0. The molecule has 6 nitrogen and oxygen atoms in total. The molecule has 0 spiro atoms.